The molecule has 1 aromatic carbocycles. The summed E-state index contributed by atoms with van der Waals surface area (Å²) in [4.78, 5) is 32.7. The molecule has 5 rings (SSSR count). The molecule has 2 aromatic heterocycles. The van der Waals surface area contributed by atoms with Gasteiger partial charge in [0.2, 0.25) is 0 Å². The summed E-state index contributed by atoms with van der Waals surface area (Å²) in [6.45, 7) is 9.90. The molecule has 9 heteroatoms. The van der Waals surface area contributed by atoms with Crippen molar-refractivity contribution in [2.45, 2.75) is 65.3 Å². The number of rotatable bonds is 9. The number of hydrogen-bond acceptors (Lipinski definition) is 7. The fourth-order valence-electron chi connectivity index (χ4n) is 5.27. The highest BCUT2D eigenvalue weighted by Crippen LogP contribution is 2.29. The monoisotopic (exact) mass is 522 g/mol. The Balaban J connectivity index is 1.39. The van der Waals surface area contributed by atoms with Crippen LogP contribution >= 0.6 is 0 Å². The second-order valence-electron chi connectivity index (χ2n) is 10.9. The van der Waals surface area contributed by atoms with Gasteiger partial charge in [0.25, 0.3) is 5.56 Å². The fourth-order valence-corrected chi connectivity index (χ4v) is 5.27. The molecule has 1 unspecified atom stereocenters. The first-order valence-corrected chi connectivity index (χ1v) is 13.7. The highest BCUT2D eigenvalue weighted by atomic mass is 16.6. The number of aromatic amines is 1. The number of fused-ring (bicyclic) bond motifs is 1. The van der Waals surface area contributed by atoms with E-state index < -0.39 is 6.04 Å². The number of H-pyrrole nitrogens is 1. The van der Waals surface area contributed by atoms with Crippen molar-refractivity contribution in [3.05, 3.63) is 51.9 Å². The average molecular weight is 523 g/mol. The minimum absolute atomic E-state index is 0.0855. The molecule has 0 bridgehead atoms. The number of nitrogens with one attached hydrogen (secondary N) is 2. The second-order valence-corrected chi connectivity index (χ2v) is 10.9. The van der Waals surface area contributed by atoms with Crippen molar-refractivity contribution in [1.29, 1.82) is 0 Å². The summed E-state index contributed by atoms with van der Waals surface area (Å²) in [6.07, 6.45) is 4.38. The topological polar surface area (TPSA) is 107 Å². The molecule has 0 aliphatic carbocycles. The lowest BCUT2D eigenvalue weighted by atomic mass is 10.00. The first kappa shape index (κ1) is 26.6. The normalized spacial score (nSPS) is 19.3. The van der Waals surface area contributed by atoms with Crippen LogP contribution in [0.2, 0.25) is 0 Å². The van der Waals surface area contributed by atoms with Crippen molar-refractivity contribution in [2.24, 2.45) is 11.8 Å². The molecular weight excluding hydrogens is 484 g/mol. The number of benzene rings is 1. The molecule has 0 saturated carbocycles. The molecule has 0 spiro atoms. The van der Waals surface area contributed by atoms with Crippen molar-refractivity contribution >= 4 is 17.0 Å². The van der Waals surface area contributed by atoms with Gasteiger partial charge >= 0.3 is 5.97 Å². The summed E-state index contributed by atoms with van der Waals surface area (Å²) in [7, 11) is 0. The third-order valence-corrected chi connectivity index (χ3v) is 7.56. The summed E-state index contributed by atoms with van der Waals surface area (Å²) in [5.74, 6) is 1.21. The summed E-state index contributed by atoms with van der Waals surface area (Å²) in [6, 6.07) is 7.78. The number of carbonyl (C=O) groups is 1. The van der Waals surface area contributed by atoms with Crippen molar-refractivity contribution in [1.82, 2.24) is 19.9 Å². The van der Waals surface area contributed by atoms with E-state index in [2.05, 4.69) is 33.1 Å². The van der Waals surface area contributed by atoms with E-state index in [0.717, 1.165) is 67.0 Å². The van der Waals surface area contributed by atoms with Gasteiger partial charge in [-0.05, 0) is 55.4 Å². The summed E-state index contributed by atoms with van der Waals surface area (Å²) in [5, 5.41) is 3.40. The average Bonchev–Trinajstić information content (AvgIpc) is 3.54. The Bertz CT molecular complexity index is 1320. The van der Waals surface area contributed by atoms with Gasteiger partial charge in [-0.2, -0.15) is 0 Å². The van der Waals surface area contributed by atoms with Crippen molar-refractivity contribution in [2.75, 3.05) is 26.4 Å². The Morgan fingerprint density at radius 3 is 2.68 bits per heavy atom. The predicted molar refractivity (Wildman–Crippen MR) is 145 cm³/mol. The van der Waals surface area contributed by atoms with Crippen LogP contribution in [0.4, 0.5) is 0 Å². The van der Waals surface area contributed by atoms with Crippen LogP contribution in [0.1, 0.15) is 44.2 Å². The third kappa shape index (κ3) is 6.00. The van der Waals surface area contributed by atoms with E-state index in [1.165, 1.54) is 0 Å². The smallest absolute Gasteiger partial charge is 0.323 e. The first-order chi connectivity index (χ1) is 18.4. The number of hydrogen-bond donors (Lipinski definition) is 2. The molecular formula is C29H38N4O5. The molecule has 2 N–H and O–H groups in total. The molecule has 9 nitrogen and oxygen atoms in total. The van der Waals surface area contributed by atoms with Gasteiger partial charge < -0.3 is 29.1 Å². The lowest BCUT2D eigenvalue weighted by Crippen LogP contribution is -2.43. The quantitative estimate of drug-likeness (QED) is 0.414. The van der Waals surface area contributed by atoms with E-state index >= 15 is 0 Å². The van der Waals surface area contributed by atoms with Crippen molar-refractivity contribution < 1.29 is 19.0 Å². The molecule has 0 amide bonds. The van der Waals surface area contributed by atoms with Crippen LogP contribution in [0.5, 0.6) is 0 Å². The minimum Gasteiger partial charge on any atom is -0.459 e. The standard InChI is InChI=1S/C29H38N4O5/c1-18(2)26(29(35)38-23-8-11-37-17-23)30-14-21-4-5-25-24(13-21)32-27(22-12-19(3)28(34)31-15-22)33(25)16-20-6-9-36-10-7-20/h4-5,12-13,15,18,20,23,26,30H,6-11,14,16-17H2,1-3H3,(H,31,34)/t23?,26-/m0/s1. The second kappa shape index (κ2) is 11.8. The van der Waals surface area contributed by atoms with Crippen LogP contribution in [0.25, 0.3) is 22.4 Å². The van der Waals surface area contributed by atoms with Crippen LogP contribution < -0.4 is 10.9 Å². The van der Waals surface area contributed by atoms with E-state index in [0.29, 0.717) is 31.2 Å². The van der Waals surface area contributed by atoms with Crippen LogP contribution in [0.3, 0.4) is 0 Å². The predicted octanol–water partition coefficient (Wildman–Crippen LogP) is 3.57. The lowest BCUT2D eigenvalue weighted by molar-refractivity contribution is -0.152. The Labute approximate surface area is 222 Å². The highest BCUT2D eigenvalue weighted by molar-refractivity contribution is 5.81. The van der Waals surface area contributed by atoms with Crippen molar-refractivity contribution in [3.63, 3.8) is 0 Å². The maximum absolute atomic E-state index is 12.8. The largest absolute Gasteiger partial charge is 0.459 e. The summed E-state index contributed by atoms with van der Waals surface area (Å²) in [5.41, 5.74) is 4.45. The fraction of sp³-hybridized carbons (Fsp3) is 0.552. The van der Waals surface area contributed by atoms with Crippen LogP contribution in [0.15, 0.2) is 35.3 Å². The summed E-state index contributed by atoms with van der Waals surface area (Å²) >= 11 is 0. The number of esters is 1. The molecule has 204 valence electrons. The van der Waals surface area contributed by atoms with Gasteiger partial charge in [-0.3, -0.25) is 9.59 Å². The number of ether oxygens (including phenoxy) is 3. The summed E-state index contributed by atoms with van der Waals surface area (Å²) < 4.78 is 18.9. The lowest BCUT2D eigenvalue weighted by Gasteiger charge is -2.23. The molecule has 3 aromatic rings. The number of aryl methyl sites for hydroxylation is 1. The molecule has 2 aliphatic heterocycles. The van der Waals surface area contributed by atoms with Gasteiger partial charge in [0.15, 0.2) is 0 Å². The minimum atomic E-state index is -0.406. The third-order valence-electron chi connectivity index (χ3n) is 7.56. The number of pyridine rings is 1. The van der Waals surface area contributed by atoms with Gasteiger partial charge in [-0.25, -0.2) is 4.98 Å². The molecule has 2 atom stereocenters. The Kier molecular flexibility index (Phi) is 8.26. The van der Waals surface area contributed by atoms with E-state index in [4.69, 9.17) is 19.2 Å². The van der Waals surface area contributed by atoms with E-state index in [9.17, 15) is 9.59 Å². The number of imidazole rings is 1. The molecule has 38 heavy (non-hydrogen) atoms. The van der Waals surface area contributed by atoms with E-state index in [1.807, 2.05) is 26.8 Å². The van der Waals surface area contributed by atoms with Crippen LogP contribution in [-0.4, -0.2) is 59.1 Å². The maximum atomic E-state index is 12.8. The molecule has 2 aliphatic rings. The molecule has 2 saturated heterocycles. The van der Waals surface area contributed by atoms with Gasteiger partial charge in [-0.15, -0.1) is 0 Å². The zero-order valence-electron chi connectivity index (χ0n) is 22.5. The zero-order chi connectivity index (χ0) is 26.6. The Hall–Kier alpha value is -3.01. The van der Waals surface area contributed by atoms with Crippen molar-refractivity contribution in [3.8, 4) is 11.4 Å². The maximum Gasteiger partial charge on any atom is 0.323 e. The Morgan fingerprint density at radius 2 is 1.97 bits per heavy atom. The van der Waals surface area contributed by atoms with Crippen LogP contribution in [-0.2, 0) is 32.1 Å². The SMILES string of the molecule is Cc1cc(-c2nc3cc(CN[C@H](C(=O)OC4CCOC4)C(C)C)ccc3n2CC2CCOCC2)c[nH]c1=O. The van der Waals surface area contributed by atoms with Gasteiger partial charge in [0.1, 0.15) is 18.0 Å². The molecule has 0 radical (unpaired) electrons. The zero-order valence-corrected chi connectivity index (χ0v) is 22.5. The number of carbonyl (C=O) groups excluding carboxylic acids is 1. The Morgan fingerprint density at radius 1 is 1.18 bits per heavy atom. The number of aromatic nitrogens is 3. The molecule has 4 heterocycles. The highest BCUT2D eigenvalue weighted by Gasteiger charge is 2.28. The van der Waals surface area contributed by atoms with Gasteiger partial charge in [0, 0.05) is 50.0 Å². The van der Waals surface area contributed by atoms with Crippen LogP contribution in [0, 0.1) is 18.8 Å². The van der Waals surface area contributed by atoms with E-state index in [-0.39, 0.29) is 23.6 Å². The van der Waals surface area contributed by atoms with E-state index in [1.54, 1.807) is 6.20 Å². The number of nitrogens with zero attached hydrogens (tertiary/aromatic N) is 2. The molecule has 2 fully saturated rings. The first-order valence-electron chi connectivity index (χ1n) is 13.7. The van der Waals surface area contributed by atoms with Gasteiger partial charge in [-0.1, -0.05) is 19.9 Å². The van der Waals surface area contributed by atoms with Gasteiger partial charge in [0.05, 0.1) is 24.2 Å².